The smallest absolute Gasteiger partial charge is 0.409 e. The highest BCUT2D eigenvalue weighted by Crippen LogP contribution is 2.38. The molecule has 2 aliphatic heterocycles. The van der Waals surface area contributed by atoms with Crippen molar-refractivity contribution < 1.29 is 72.2 Å². The monoisotopic (exact) mass is 1130 g/mol. The number of oxime groups is 1. The number of thioether (sulfide) groups is 3. The number of ether oxygens (including phenoxy) is 6. The minimum absolute atomic E-state index is 0.00227. The Morgan fingerprint density at radius 3 is 2.29 bits per heavy atom. The molecule has 1 aromatic rings. The summed E-state index contributed by atoms with van der Waals surface area (Å²) in [6, 6.07) is 2.37. The Morgan fingerprint density at radius 2 is 1.67 bits per heavy atom. The molecule has 25 heteroatoms. The lowest BCUT2D eigenvalue weighted by atomic mass is 9.81. The van der Waals surface area contributed by atoms with Gasteiger partial charge in [-0.25, -0.2) is 9.59 Å². The SMILES string of the molecule is COc1cc2cc(c1Cl)N(C)C(=O)C[C@H](OC(=O)[C@H](C)N(C)C(=O)CCSCC(=O)NCCOCCOCCNC(=O)CON=C(CSC)CSC)C(C)[C@@H](O)C(C)[C@@H]1C[C@@](O)(NC(=O)O1)[C@H](OC)/C=C/C=C(\C)C2. The molecule has 0 aromatic heterocycles. The van der Waals surface area contributed by atoms with E-state index in [9.17, 15) is 39.0 Å². The Hall–Kier alpha value is -4.27. The largest absolute Gasteiger partial charge is 0.495 e. The Kier molecular flexibility index (Phi) is 29.3. The molecule has 0 saturated carbocycles. The van der Waals surface area contributed by atoms with Crippen molar-refractivity contribution in [2.45, 2.75) is 89.6 Å². The second-order valence-corrected chi connectivity index (χ2v) is 21.3. The topological polar surface area (TPSA) is 262 Å². The first-order chi connectivity index (χ1) is 35.7. The summed E-state index contributed by atoms with van der Waals surface area (Å²) < 4.78 is 33.8. The fourth-order valence-electron chi connectivity index (χ4n) is 7.87. The highest BCUT2D eigenvalue weighted by molar-refractivity contribution is 8.00. The van der Waals surface area contributed by atoms with Gasteiger partial charge in [0.25, 0.3) is 5.91 Å². The Morgan fingerprint density at radius 1 is 1.01 bits per heavy atom. The van der Waals surface area contributed by atoms with E-state index in [-0.39, 0.29) is 74.2 Å². The first-order valence-electron chi connectivity index (χ1n) is 24.5. The Bertz CT molecular complexity index is 2130. The standard InChI is InChI=1S/C50H77ClN6O15S3/c1-31-12-11-13-41(67-8)50(65)26-40(72-49(64)54-50)33(3)47(62)32(2)38(25-45(61)57(6)37-23-35(22-31)24-39(66-7)46(37)51)71-48(63)34(4)56(5)44(60)14-21-75-30-43(59)53-16-18-69-20-19-68-17-15-52-42(58)27-70-55-36(28-73-9)29-74-10/h11-13,23-24,32-34,38,40-41,47,62,65H,14-22,25-30H2,1-10H3,(H,52,58)(H,53,59)(H,54,64)/b13-11+,31-12+/t32?,33?,34-,38-,40-,41+,47+,50-/m0/s1. The molecule has 4 bridgehead atoms. The number of nitrogens with zero attached hydrogens (tertiary/aromatic N) is 3. The number of alkyl carbamates (subject to hydrolysis) is 1. The van der Waals surface area contributed by atoms with Crippen LogP contribution in [0.15, 0.2) is 41.1 Å². The van der Waals surface area contributed by atoms with E-state index in [4.69, 9.17) is 44.9 Å². The summed E-state index contributed by atoms with van der Waals surface area (Å²) in [4.78, 5) is 86.5. The van der Waals surface area contributed by atoms with Crippen LogP contribution >= 0.6 is 46.9 Å². The quantitative estimate of drug-likeness (QED) is 0.0382. The molecular formula is C50H77ClN6O15S3. The van der Waals surface area contributed by atoms with E-state index < -0.39 is 78.3 Å². The zero-order valence-electron chi connectivity index (χ0n) is 44.7. The van der Waals surface area contributed by atoms with Crippen LogP contribution in [0.4, 0.5) is 10.5 Å². The van der Waals surface area contributed by atoms with Gasteiger partial charge in [0.1, 0.15) is 35.1 Å². The molecule has 2 heterocycles. The molecule has 1 fully saturated rings. The van der Waals surface area contributed by atoms with Crippen molar-refractivity contribution in [3.05, 3.63) is 46.5 Å². The van der Waals surface area contributed by atoms with E-state index in [2.05, 4.69) is 21.1 Å². The molecule has 1 saturated heterocycles. The van der Waals surface area contributed by atoms with Gasteiger partial charge < -0.3 is 63.9 Å². The second-order valence-electron chi connectivity index (χ2n) is 18.1. The minimum atomic E-state index is -1.94. The van der Waals surface area contributed by atoms with E-state index in [0.29, 0.717) is 31.0 Å². The number of nitrogens with one attached hydrogen (secondary N) is 3. The van der Waals surface area contributed by atoms with Gasteiger partial charge in [-0.2, -0.15) is 35.3 Å². The van der Waals surface area contributed by atoms with Crippen LogP contribution in [-0.2, 0) is 58.9 Å². The fraction of sp³-hybridized carbons (Fsp3) is 0.660. The van der Waals surface area contributed by atoms with Crippen molar-refractivity contribution in [3.63, 3.8) is 0 Å². The maximum Gasteiger partial charge on any atom is 0.409 e. The first-order valence-corrected chi connectivity index (χ1v) is 28.8. The molecule has 21 nitrogen and oxygen atoms in total. The number of halogens is 1. The maximum absolute atomic E-state index is 14.2. The van der Waals surface area contributed by atoms with E-state index in [0.717, 1.165) is 28.4 Å². The predicted molar refractivity (Wildman–Crippen MR) is 293 cm³/mol. The van der Waals surface area contributed by atoms with E-state index in [1.54, 1.807) is 61.7 Å². The van der Waals surface area contributed by atoms with Gasteiger partial charge >= 0.3 is 12.1 Å². The highest BCUT2D eigenvalue weighted by atomic mass is 35.5. The average Bonchev–Trinajstić information content (AvgIpc) is 3.37. The Labute approximate surface area is 458 Å². The molecule has 1 aromatic carbocycles. The normalized spacial score (nSPS) is 23.8. The van der Waals surface area contributed by atoms with Crippen LogP contribution in [0.3, 0.4) is 0 Å². The first kappa shape index (κ1) is 65.0. The molecule has 3 rings (SSSR count). The average molecular weight is 1130 g/mol. The number of allylic oxidation sites excluding steroid dienone is 3. The molecule has 0 radical (unpaired) electrons. The van der Waals surface area contributed by atoms with E-state index in [1.165, 1.54) is 56.8 Å². The van der Waals surface area contributed by atoms with Gasteiger partial charge in [-0.05, 0) is 50.5 Å². The summed E-state index contributed by atoms with van der Waals surface area (Å²) in [5, 5.41) is 35.8. The maximum atomic E-state index is 14.2. The van der Waals surface area contributed by atoms with Gasteiger partial charge in [-0.1, -0.05) is 54.4 Å². The summed E-state index contributed by atoms with van der Waals surface area (Å²) in [5.74, 6) is -2.01. The number of esters is 1. The number of amides is 5. The molecule has 422 valence electrons. The minimum Gasteiger partial charge on any atom is -0.495 e. The zero-order chi connectivity index (χ0) is 55.7. The van der Waals surface area contributed by atoms with Crippen molar-refractivity contribution in [1.29, 1.82) is 0 Å². The van der Waals surface area contributed by atoms with Crippen LogP contribution in [0.5, 0.6) is 5.75 Å². The zero-order valence-corrected chi connectivity index (χ0v) is 47.9. The van der Waals surface area contributed by atoms with Crippen molar-refractivity contribution in [1.82, 2.24) is 20.9 Å². The lowest BCUT2D eigenvalue weighted by molar-refractivity contribution is -0.167. The third kappa shape index (κ3) is 21.6. The molecule has 0 aliphatic carbocycles. The third-order valence-corrected chi connectivity index (χ3v) is 15.0. The van der Waals surface area contributed by atoms with Gasteiger partial charge in [0.15, 0.2) is 12.3 Å². The number of carbonyl (C=O) groups excluding carboxylic acids is 6. The van der Waals surface area contributed by atoms with Crippen LogP contribution in [0.25, 0.3) is 0 Å². The molecule has 5 amide bonds. The summed E-state index contributed by atoms with van der Waals surface area (Å²) in [6.45, 7) is 8.09. The van der Waals surface area contributed by atoms with Gasteiger partial charge in [0.05, 0.1) is 63.2 Å². The van der Waals surface area contributed by atoms with Crippen molar-refractivity contribution in [3.8, 4) is 5.75 Å². The van der Waals surface area contributed by atoms with Gasteiger partial charge in [-0.3, -0.25) is 24.5 Å². The predicted octanol–water partition coefficient (Wildman–Crippen LogP) is 3.84. The highest BCUT2D eigenvalue weighted by Gasteiger charge is 2.48. The number of rotatable bonds is 26. The van der Waals surface area contributed by atoms with Crippen molar-refractivity contribution in [2.75, 3.05) is 115 Å². The number of hydrogen-bond acceptors (Lipinski definition) is 19. The molecule has 2 aliphatic rings. The lowest BCUT2D eigenvalue weighted by Crippen LogP contribution is -2.64. The second kappa shape index (κ2) is 33.8. The molecule has 5 N–H and O–H groups in total. The molecule has 2 unspecified atom stereocenters. The molecule has 8 atom stereocenters. The summed E-state index contributed by atoms with van der Waals surface area (Å²) in [7, 11) is 5.81. The number of aliphatic hydroxyl groups is 2. The number of methoxy groups -OCH3 is 2. The van der Waals surface area contributed by atoms with E-state index >= 15 is 0 Å². The lowest BCUT2D eigenvalue weighted by Gasteiger charge is -2.43. The summed E-state index contributed by atoms with van der Waals surface area (Å²) >= 11 is 11.3. The van der Waals surface area contributed by atoms with Crippen LogP contribution in [-0.4, -0.2) is 203 Å². The van der Waals surface area contributed by atoms with Crippen LogP contribution < -0.4 is 25.6 Å². The number of fused-ring (bicyclic) bond motifs is 4. The number of anilines is 1. The van der Waals surface area contributed by atoms with Crippen LogP contribution in [0, 0.1) is 11.8 Å². The number of carbonyl (C=O) groups is 6. The van der Waals surface area contributed by atoms with Gasteiger partial charge in [-0.15, -0.1) is 0 Å². The van der Waals surface area contributed by atoms with Gasteiger partial charge in [0, 0.05) is 76.2 Å². The number of aliphatic hydroxyl groups excluding tert-OH is 1. The summed E-state index contributed by atoms with van der Waals surface area (Å²) in [6.07, 6.45) is 3.18. The fourth-order valence-corrected chi connectivity index (χ4v) is 10.0. The van der Waals surface area contributed by atoms with Crippen molar-refractivity contribution >= 4 is 94.0 Å². The summed E-state index contributed by atoms with van der Waals surface area (Å²) in [5.41, 5.74) is 0.896. The third-order valence-electron chi connectivity index (χ3n) is 12.4. The Balaban J connectivity index is 1.56. The number of likely N-dealkylation sites (N-methyl/N-ethyl adjacent to an activating group) is 1. The van der Waals surface area contributed by atoms with E-state index in [1.807, 2.05) is 25.5 Å². The van der Waals surface area contributed by atoms with Crippen LogP contribution in [0.2, 0.25) is 5.02 Å². The van der Waals surface area contributed by atoms with Crippen LogP contribution in [0.1, 0.15) is 52.5 Å². The molecule has 0 spiro atoms. The molecular weight excluding hydrogens is 1060 g/mol. The molecule has 75 heavy (non-hydrogen) atoms. The number of hydrogen-bond donors (Lipinski definition) is 5. The van der Waals surface area contributed by atoms with Gasteiger partial charge in [0.2, 0.25) is 17.7 Å². The number of benzene rings is 1. The van der Waals surface area contributed by atoms with Crippen molar-refractivity contribution in [2.24, 2.45) is 17.0 Å².